The summed E-state index contributed by atoms with van der Waals surface area (Å²) >= 11 is 1.85. The van der Waals surface area contributed by atoms with Crippen LogP contribution in [0.3, 0.4) is 0 Å². The van der Waals surface area contributed by atoms with Gasteiger partial charge in [0.2, 0.25) is 0 Å². The van der Waals surface area contributed by atoms with Gasteiger partial charge in [0.25, 0.3) is 0 Å². The first-order valence-corrected chi connectivity index (χ1v) is 22.0. The monoisotopic (exact) mass is 797 g/mol. The lowest BCUT2D eigenvalue weighted by atomic mass is 9.55. The molecule has 2 aromatic heterocycles. The summed E-state index contributed by atoms with van der Waals surface area (Å²) in [6.07, 6.45) is 0. The molecule has 3 heteroatoms. The van der Waals surface area contributed by atoms with Crippen LogP contribution < -0.4 is 4.90 Å². The van der Waals surface area contributed by atoms with Gasteiger partial charge in [-0.1, -0.05) is 147 Å². The average molecular weight is 798 g/mol. The molecule has 2 nitrogen and oxygen atoms in total. The number of hydrogen-bond acceptors (Lipinski definition) is 3. The highest BCUT2D eigenvalue weighted by Gasteiger charge is 2.53. The van der Waals surface area contributed by atoms with Gasteiger partial charge in [0.1, 0.15) is 11.2 Å². The summed E-state index contributed by atoms with van der Waals surface area (Å²) in [4.78, 5) is 2.37. The van der Waals surface area contributed by atoms with E-state index in [1.165, 1.54) is 75.8 Å². The van der Waals surface area contributed by atoms with Crippen molar-refractivity contribution in [2.75, 3.05) is 4.90 Å². The number of para-hydroxylation sites is 1. The molecule has 11 aromatic rings. The van der Waals surface area contributed by atoms with E-state index in [2.05, 4.69) is 207 Å². The standard InChI is InChI=1S/C58H39NOS/c1-57(2)48-17-7-9-19-50(48)58(51-20-10-8-18-49(51)57)47-16-6-3-13-41(47)42-30-25-37(33-52(42)58)36-23-26-38(27-24-36)59(39-29-32-56-46(34-39)45-15-5-12-22-55(45)61-56)40-28-31-44-43-14-4-11-21-53(43)60-54(44)35-40/h3-35H,1-2H3. The van der Waals surface area contributed by atoms with Crippen molar-refractivity contribution in [1.29, 1.82) is 0 Å². The smallest absolute Gasteiger partial charge is 0.137 e. The Kier molecular flexibility index (Phi) is 7.19. The van der Waals surface area contributed by atoms with Crippen LogP contribution in [0.1, 0.15) is 47.2 Å². The van der Waals surface area contributed by atoms with Gasteiger partial charge >= 0.3 is 0 Å². The summed E-state index contributed by atoms with van der Waals surface area (Å²) in [7, 11) is 0. The van der Waals surface area contributed by atoms with Gasteiger partial charge in [-0.3, -0.25) is 0 Å². The molecule has 61 heavy (non-hydrogen) atoms. The molecule has 1 spiro atoms. The number of hydrogen-bond donors (Lipinski definition) is 0. The van der Waals surface area contributed by atoms with Crippen LogP contribution in [0.2, 0.25) is 0 Å². The molecular weight excluding hydrogens is 759 g/mol. The summed E-state index contributed by atoms with van der Waals surface area (Å²) in [6, 6.07) is 74.3. The summed E-state index contributed by atoms with van der Waals surface area (Å²) in [5.41, 5.74) is 17.7. The van der Waals surface area contributed by atoms with Crippen LogP contribution >= 0.6 is 11.3 Å². The first-order valence-electron chi connectivity index (χ1n) is 21.2. The van der Waals surface area contributed by atoms with E-state index >= 15 is 0 Å². The highest BCUT2D eigenvalue weighted by molar-refractivity contribution is 7.25. The van der Waals surface area contributed by atoms with E-state index in [9.17, 15) is 0 Å². The molecule has 0 unspecified atom stereocenters. The van der Waals surface area contributed by atoms with Gasteiger partial charge in [-0.15, -0.1) is 11.3 Å². The molecule has 0 saturated heterocycles. The number of thiophene rings is 1. The second-order valence-electron chi connectivity index (χ2n) is 17.2. The molecule has 288 valence electrons. The fraction of sp³-hybridized carbons (Fsp3) is 0.0690. The molecule has 0 amide bonds. The first-order chi connectivity index (χ1) is 30.0. The van der Waals surface area contributed by atoms with Gasteiger partial charge in [-0.25, -0.2) is 0 Å². The predicted molar refractivity (Wildman–Crippen MR) is 256 cm³/mol. The molecule has 13 rings (SSSR count). The minimum Gasteiger partial charge on any atom is -0.456 e. The van der Waals surface area contributed by atoms with Crippen LogP contribution in [-0.4, -0.2) is 0 Å². The Balaban J connectivity index is 0.977. The van der Waals surface area contributed by atoms with Crippen molar-refractivity contribution in [3.05, 3.63) is 234 Å². The quantitative estimate of drug-likeness (QED) is 0.176. The van der Waals surface area contributed by atoms with E-state index in [1.807, 2.05) is 23.5 Å². The molecule has 2 heterocycles. The van der Waals surface area contributed by atoms with Gasteiger partial charge < -0.3 is 9.32 Å². The Morgan fingerprint density at radius 3 is 1.72 bits per heavy atom. The Bertz CT molecular complexity index is 3540. The predicted octanol–water partition coefficient (Wildman–Crippen LogP) is 16.1. The molecule has 0 aliphatic heterocycles. The molecule has 0 radical (unpaired) electrons. The lowest BCUT2D eigenvalue weighted by molar-refractivity contribution is 0.563. The molecule has 0 bridgehead atoms. The Hall–Kier alpha value is -7.20. The van der Waals surface area contributed by atoms with Crippen molar-refractivity contribution in [3.63, 3.8) is 0 Å². The Morgan fingerprint density at radius 2 is 0.934 bits per heavy atom. The number of furan rings is 1. The van der Waals surface area contributed by atoms with Gasteiger partial charge in [0.05, 0.1) is 5.41 Å². The van der Waals surface area contributed by atoms with Gasteiger partial charge in [0, 0.05) is 59.5 Å². The lowest BCUT2D eigenvalue weighted by Gasteiger charge is -2.46. The zero-order valence-electron chi connectivity index (χ0n) is 33.8. The van der Waals surface area contributed by atoms with Crippen LogP contribution in [0, 0.1) is 0 Å². The summed E-state index contributed by atoms with van der Waals surface area (Å²) in [5.74, 6) is 0. The van der Waals surface area contributed by atoms with Crippen molar-refractivity contribution < 1.29 is 4.42 Å². The van der Waals surface area contributed by atoms with E-state index in [4.69, 9.17) is 4.42 Å². The second-order valence-corrected chi connectivity index (χ2v) is 18.3. The molecule has 0 N–H and O–H groups in total. The average Bonchev–Trinajstić information content (AvgIpc) is 3.97. The molecular formula is C58H39NOS. The normalized spacial score (nSPS) is 14.3. The largest absolute Gasteiger partial charge is 0.456 e. The lowest BCUT2D eigenvalue weighted by Crippen LogP contribution is -2.40. The summed E-state index contributed by atoms with van der Waals surface area (Å²) < 4.78 is 9.04. The minimum atomic E-state index is -0.429. The zero-order chi connectivity index (χ0) is 40.5. The third kappa shape index (κ3) is 4.78. The fourth-order valence-electron chi connectivity index (χ4n) is 11.0. The summed E-state index contributed by atoms with van der Waals surface area (Å²) in [6.45, 7) is 4.77. The van der Waals surface area contributed by atoms with Crippen LogP contribution in [0.15, 0.2) is 205 Å². The molecule has 9 aromatic carbocycles. The van der Waals surface area contributed by atoms with Crippen molar-refractivity contribution in [1.82, 2.24) is 0 Å². The van der Waals surface area contributed by atoms with Crippen LogP contribution in [0.5, 0.6) is 0 Å². The maximum absolute atomic E-state index is 6.45. The van der Waals surface area contributed by atoms with Crippen molar-refractivity contribution >= 4 is 70.5 Å². The molecule has 0 fully saturated rings. The first kappa shape index (κ1) is 34.6. The molecule has 2 aliphatic rings. The number of anilines is 3. The minimum absolute atomic E-state index is 0.133. The number of fused-ring (bicyclic) bond motifs is 15. The second kappa shape index (κ2) is 12.7. The van der Waals surface area contributed by atoms with Gasteiger partial charge in [-0.05, 0) is 116 Å². The Morgan fingerprint density at radius 1 is 0.377 bits per heavy atom. The molecule has 0 atom stereocenters. The van der Waals surface area contributed by atoms with Crippen LogP contribution in [0.4, 0.5) is 17.1 Å². The third-order valence-corrected chi connectivity index (χ3v) is 14.9. The molecule has 2 aliphatic carbocycles. The van der Waals surface area contributed by atoms with E-state index in [-0.39, 0.29) is 5.41 Å². The van der Waals surface area contributed by atoms with E-state index in [0.717, 1.165) is 39.0 Å². The maximum Gasteiger partial charge on any atom is 0.137 e. The van der Waals surface area contributed by atoms with Crippen molar-refractivity contribution in [2.45, 2.75) is 24.7 Å². The van der Waals surface area contributed by atoms with Crippen molar-refractivity contribution in [2.24, 2.45) is 0 Å². The molecule has 0 saturated carbocycles. The maximum atomic E-state index is 6.45. The van der Waals surface area contributed by atoms with Crippen molar-refractivity contribution in [3.8, 4) is 22.3 Å². The van der Waals surface area contributed by atoms with E-state index in [1.54, 1.807) is 0 Å². The Labute approximate surface area is 358 Å². The highest BCUT2D eigenvalue weighted by Crippen LogP contribution is 2.62. The number of benzene rings is 9. The third-order valence-electron chi connectivity index (χ3n) is 13.8. The summed E-state index contributed by atoms with van der Waals surface area (Å²) in [5, 5.41) is 4.81. The fourth-order valence-corrected chi connectivity index (χ4v) is 12.1. The zero-order valence-corrected chi connectivity index (χ0v) is 34.6. The number of nitrogens with zero attached hydrogens (tertiary/aromatic N) is 1. The van der Waals surface area contributed by atoms with E-state index in [0.29, 0.717) is 0 Å². The topological polar surface area (TPSA) is 16.4 Å². The van der Waals surface area contributed by atoms with Crippen LogP contribution in [-0.2, 0) is 10.8 Å². The van der Waals surface area contributed by atoms with Gasteiger partial charge in [-0.2, -0.15) is 0 Å². The highest BCUT2D eigenvalue weighted by atomic mass is 32.1. The van der Waals surface area contributed by atoms with Crippen LogP contribution in [0.25, 0.3) is 64.4 Å². The van der Waals surface area contributed by atoms with Gasteiger partial charge in [0.15, 0.2) is 0 Å². The SMILES string of the molecule is CC1(C)c2ccccc2C2(c3ccccc3-c3ccc(-c4ccc(N(c5ccc6c(c5)oc5ccccc56)c5ccc6sc7ccccc7c6c5)cc4)cc32)c2ccccc21. The number of rotatable bonds is 4. The van der Waals surface area contributed by atoms with E-state index < -0.39 is 5.41 Å².